The molecule has 0 aliphatic rings. The summed E-state index contributed by atoms with van der Waals surface area (Å²) in [4.78, 5) is 23.9. The van der Waals surface area contributed by atoms with Gasteiger partial charge in [-0.1, -0.05) is 59.6 Å². The van der Waals surface area contributed by atoms with Crippen molar-refractivity contribution in [2.75, 3.05) is 0 Å². The second-order valence-electron chi connectivity index (χ2n) is 8.30. The van der Waals surface area contributed by atoms with Crippen LogP contribution in [0.5, 0.6) is 11.5 Å². The van der Waals surface area contributed by atoms with Gasteiger partial charge in [0.25, 0.3) is 0 Å². The first-order valence-electron chi connectivity index (χ1n) is 12.1. The molecule has 0 aliphatic carbocycles. The topological polar surface area (TPSA) is 101 Å². The van der Waals surface area contributed by atoms with E-state index in [2.05, 4.69) is 21.1 Å². The monoisotopic (exact) mass is 574 g/mol. The highest BCUT2D eigenvalue weighted by Crippen LogP contribution is 2.20. The highest BCUT2D eigenvalue weighted by atomic mass is 35.5. The number of hydrazone groups is 2. The third-order valence-corrected chi connectivity index (χ3v) is 6.17. The molecule has 4 aromatic rings. The van der Waals surface area contributed by atoms with Gasteiger partial charge in [0.05, 0.1) is 12.4 Å². The normalized spacial score (nSPS) is 10.9. The number of ether oxygens (including phenoxy) is 2. The zero-order valence-electron chi connectivity index (χ0n) is 21.1. The van der Waals surface area contributed by atoms with Crippen molar-refractivity contribution in [1.29, 1.82) is 0 Å². The lowest BCUT2D eigenvalue weighted by atomic mass is 10.2. The van der Waals surface area contributed by atoms with Gasteiger partial charge in [-0.3, -0.25) is 9.59 Å². The van der Waals surface area contributed by atoms with Crippen LogP contribution in [0.15, 0.2) is 107 Å². The van der Waals surface area contributed by atoms with E-state index in [0.29, 0.717) is 45.9 Å². The molecule has 0 unspecified atom stereocenters. The van der Waals surface area contributed by atoms with Crippen LogP contribution in [0.1, 0.15) is 22.3 Å². The molecule has 0 radical (unpaired) electrons. The van der Waals surface area contributed by atoms with Gasteiger partial charge in [0.2, 0.25) is 0 Å². The van der Waals surface area contributed by atoms with Gasteiger partial charge in [-0.05, 0) is 71.8 Å². The maximum Gasteiger partial charge on any atom is 0.331 e. The van der Waals surface area contributed by atoms with E-state index in [1.807, 2.05) is 36.4 Å². The molecule has 0 aromatic heterocycles. The summed E-state index contributed by atoms with van der Waals surface area (Å²) < 4.78 is 11.5. The van der Waals surface area contributed by atoms with Crippen LogP contribution in [0.25, 0.3) is 0 Å². The minimum atomic E-state index is -0.962. The van der Waals surface area contributed by atoms with Gasteiger partial charge in [0.15, 0.2) is 0 Å². The molecule has 40 heavy (non-hydrogen) atoms. The first kappa shape index (κ1) is 28.4. The van der Waals surface area contributed by atoms with Gasteiger partial charge < -0.3 is 9.47 Å². The van der Waals surface area contributed by atoms with E-state index in [9.17, 15) is 9.59 Å². The Balaban J connectivity index is 1.17. The fraction of sp³-hybridized carbons (Fsp3) is 0.0667. The maximum atomic E-state index is 12.0. The standard InChI is InChI=1S/C30H24Cl2N4O4/c31-27-7-3-1-5-23(27)19-39-25-13-9-21(10-14-25)17-33-35-29(37)30(38)36-34-18-22-11-15-26(16-12-22)40-20-24-6-2-4-8-28(24)32/h1-18H,19-20H2,(H,35,37)(H,36,38). The van der Waals surface area contributed by atoms with E-state index >= 15 is 0 Å². The number of nitrogens with one attached hydrogen (secondary N) is 2. The fourth-order valence-electron chi connectivity index (χ4n) is 3.29. The molecule has 0 atom stereocenters. The molecule has 0 saturated carbocycles. The second-order valence-corrected chi connectivity index (χ2v) is 9.11. The van der Waals surface area contributed by atoms with E-state index in [1.165, 1.54) is 12.4 Å². The first-order valence-corrected chi connectivity index (χ1v) is 12.8. The summed E-state index contributed by atoms with van der Waals surface area (Å²) in [5, 5.41) is 8.88. The van der Waals surface area contributed by atoms with Crippen LogP contribution in [-0.2, 0) is 22.8 Å². The molecule has 4 rings (SSSR count). The summed E-state index contributed by atoms with van der Waals surface area (Å²) in [6.45, 7) is 0.677. The molecular formula is C30H24Cl2N4O4. The molecule has 0 saturated heterocycles. The van der Waals surface area contributed by atoms with Crippen LogP contribution in [0.3, 0.4) is 0 Å². The smallest absolute Gasteiger partial charge is 0.331 e. The molecule has 0 fully saturated rings. The van der Waals surface area contributed by atoms with Crippen molar-refractivity contribution in [2.24, 2.45) is 10.2 Å². The Bertz CT molecular complexity index is 1390. The highest BCUT2D eigenvalue weighted by Gasteiger charge is 2.11. The van der Waals surface area contributed by atoms with Gasteiger partial charge in [-0.25, -0.2) is 10.9 Å². The Labute approximate surface area is 241 Å². The quantitative estimate of drug-likeness (QED) is 0.143. The zero-order valence-corrected chi connectivity index (χ0v) is 22.6. The van der Waals surface area contributed by atoms with Crippen molar-refractivity contribution in [3.05, 3.63) is 129 Å². The summed E-state index contributed by atoms with van der Waals surface area (Å²) in [5.74, 6) is -0.622. The number of carbonyl (C=O) groups excluding carboxylic acids is 2. The number of amides is 2. The van der Waals surface area contributed by atoms with Crippen molar-refractivity contribution in [3.8, 4) is 11.5 Å². The molecular weight excluding hydrogens is 551 g/mol. The number of benzene rings is 4. The summed E-state index contributed by atoms with van der Waals surface area (Å²) in [5.41, 5.74) is 7.48. The average molecular weight is 575 g/mol. The number of halogens is 2. The summed E-state index contributed by atoms with van der Waals surface area (Å²) >= 11 is 12.3. The van der Waals surface area contributed by atoms with E-state index in [0.717, 1.165) is 11.1 Å². The largest absolute Gasteiger partial charge is 0.489 e. The lowest BCUT2D eigenvalue weighted by Gasteiger charge is -2.07. The van der Waals surface area contributed by atoms with Gasteiger partial charge in [0, 0.05) is 21.2 Å². The molecule has 2 amide bonds. The van der Waals surface area contributed by atoms with Crippen LogP contribution in [0, 0.1) is 0 Å². The summed E-state index contributed by atoms with van der Waals surface area (Å²) in [7, 11) is 0. The van der Waals surface area contributed by atoms with Crippen molar-refractivity contribution in [2.45, 2.75) is 13.2 Å². The Kier molecular flexibility index (Phi) is 10.3. The lowest BCUT2D eigenvalue weighted by molar-refractivity contribution is -0.139. The molecule has 10 heteroatoms. The number of rotatable bonds is 10. The molecule has 0 aliphatic heterocycles. The van der Waals surface area contributed by atoms with E-state index in [-0.39, 0.29) is 0 Å². The van der Waals surface area contributed by atoms with Crippen LogP contribution in [0.4, 0.5) is 0 Å². The van der Waals surface area contributed by atoms with Crippen molar-refractivity contribution in [3.63, 3.8) is 0 Å². The molecule has 8 nitrogen and oxygen atoms in total. The maximum absolute atomic E-state index is 12.0. The molecule has 2 N–H and O–H groups in total. The van der Waals surface area contributed by atoms with Crippen molar-refractivity contribution in [1.82, 2.24) is 10.9 Å². The minimum Gasteiger partial charge on any atom is -0.489 e. The third-order valence-electron chi connectivity index (χ3n) is 5.43. The predicted molar refractivity (Wildman–Crippen MR) is 156 cm³/mol. The van der Waals surface area contributed by atoms with E-state index in [1.54, 1.807) is 60.7 Å². The van der Waals surface area contributed by atoms with Crippen LogP contribution >= 0.6 is 23.2 Å². The van der Waals surface area contributed by atoms with Gasteiger partial charge in [-0.2, -0.15) is 10.2 Å². The second kappa shape index (κ2) is 14.5. The Hall–Kier alpha value is -4.66. The number of nitrogens with zero attached hydrogens (tertiary/aromatic N) is 2. The molecule has 202 valence electrons. The number of hydrogen-bond acceptors (Lipinski definition) is 6. The van der Waals surface area contributed by atoms with Gasteiger partial charge in [0.1, 0.15) is 24.7 Å². The average Bonchev–Trinajstić information content (AvgIpc) is 2.97. The van der Waals surface area contributed by atoms with Crippen molar-refractivity contribution >= 4 is 47.4 Å². The fourth-order valence-corrected chi connectivity index (χ4v) is 3.67. The van der Waals surface area contributed by atoms with Crippen LogP contribution in [0.2, 0.25) is 10.0 Å². The molecule has 0 bridgehead atoms. The van der Waals surface area contributed by atoms with Crippen LogP contribution in [-0.4, -0.2) is 24.2 Å². The lowest BCUT2D eigenvalue weighted by Crippen LogP contribution is -2.35. The molecule has 0 spiro atoms. The molecule has 0 heterocycles. The summed E-state index contributed by atoms with van der Waals surface area (Å²) in [6, 6.07) is 29.0. The Morgan fingerprint density at radius 1 is 0.600 bits per heavy atom. The van der Waals surface area contributed by atoms with Gasteiger partial charge in [-0.15, -0.1) is 0 Å². The minimum absolute atomic E-state index is 0.338. The van der Waals surface area contributed by atoms with Gasteiger partial charge >= 0.3 is 11.8 Å². The van der Waals surface area contributed by atoms with Crippen LogP contribution < -0.4 is 20.3 Å². The predicted octanol–water partition coefficient (Wildman–Crippen LogP) is 5.75. The zero-order chi connectivity index (χ0) is 28.2. The van der Waals surface area contributed by atoms with Crippen molar-refractivity contribution < 1.29 is 19.1 Å². The summed E-state index contributed by atoms with van der Waals surface area (Å²) in [6.07, 6.45) is 2.81. The highest BCUT2D eigenvalue weighted by molar-refractivity contribution is 6.35. The Morgan fingerprint density at radius 2 is 0.975 bits per heavy atom. The van der Waals surface area contributed by atoms with E-state index < -0.39 is 11.8 Å². The molecule has 4 aromatic carbocycles. The van der Waals surface area contributed by atoms with E-state index in [4.69, 9.17) is 32.7 Å². The SMILES string of the molecule is O=C(NN=Cc1ccc(OCc2ccccc2Cl)cc1)C(=O)NN=Cc1ccc(OCc2ccccc2Cl)cc1. The number of hydrogen-bond donors (Lipinski definition) is 2. The third kappa shape index (κ3) is 8.69. The first-order chi connectivity index (χ1) is 19.5. The Morgan fingerprint density at radius 3 is 1.35 bits per heavy atom. The number of carbonyl (C=O) groups is 2.